The Kier molecular flexibility index (Phi) is 3.65. The zero-order valence-corrected chi connectivity index (χ0v) is 11.3. The molecule has 1 saturated heterocycles. The smallest absolute Gasteiger partial charge is 0.330 e. The number of hydrogen-bond acceptors (Lipinski definition) is 5. The Morgan fingerprint density at radius 2 is 2.28 bits per heavy atom. The number of aromatic amines is 1. The highest BCUT2D eigenvalue weighted by molar-refractivity contribution is 9.10. The second kappa shape index (κ2) is 4.78. The molecule has 1 aliphatic heterocycles. The van der Waals surface area contributed by atoms with Gasteiger partial charge in [-0.3, -0.25) is 14.3 Å². The molecule has 0 radical (unpaired) electrons. The molecule has 100 valence electrons. The summed E-state index contributed by atoms with van der Waals surface area (Å²) in [6.45, 7) is -0.449. The monoisotopic (exact) mass is 340 g/mol. The Hall–Kier alpha value is -0.670. The van der Waals surface area contributed by atoms with Gasteiger partial charge in [-0.2, -0.15) is 0 Å². The molecule has 2 rings (SSSR count). The van der Waals surface area contributed by atoms with Crippen molar-refractivity contribution in [2.75, 3.05) is 6.61 Å². The van der Waals surface area contributed by atoms with Gasteiger partial charge in [-0.15, -0.1) is 0 Å². The van der Waals surface area contributed by atoms with E-state index in [1.807, 2.05) is 4.98 Å². The van der Waals surface area contributed by atoms with Gasteiger partial charge in [0.2, 0.25) is 0 Å². The number of aromatic nitrogens is 2. The average Bonchev–Trinajstić information content (AvgIpc) is 2.52. The summed E-state index contributed by atoms with van der Waals surface area (Å²) in [7, 11) is 0. The zero-order valence-electron chi connectivity index (χ0n) is 8.92. The van der Waals surface area contributed by atoms with E-state index in [0.717, 1.165) is 10.6 Å². The first-order valence-electron chi connectivity index (χ1n) is 5.01. The van der Waals surface area contributed by atoms with Crippen LogP contribution >= 0.6 is 27.5 Å². The second-order valence-corrected chi connectivity index (χ2v) is 6.24. The number of aliphatic hydroxyl groups excluding tert-OH is 2. The Morgan fingerprint density at radius 1 is 1.61 bits per heavy atom. The van der Waals surface area contributed by atoms with Crippen LogP contribution in [0.5, 0.6) is 0 Å². The van der Waals surface area contributed by atoms with Gasteiger partial charge >= 0.3 is 5.69 Å². The van der Waals surface area contributed by atoms with Crippen LogP contribution in [0.3, 0.4) is 0 Å². The van der Waals surface area contributed by atoms with Crippen LogP contribution in [0.1, 0.15) is 6.23 Å². The van der Waals surface area contributed by atoms with Gasteiger partial charge in [0.1, 0.15) is 12.2 Å². The Bertz CT molecular complexity index is 556. The fourth-order valence-electron chi connectivity index (χ4n) is 1.73. The summed E-state index contributed by atoms with van der Waals surface area (Å²) in [5, 5.41) is 18.9. The molecule has 1 aromatic heterocycles. The molecule has 0 saturated carbocycles. The molecule has 0 aliphatic carbocycles. The lowest BCUT2D eigenvalue weighted by Gasteiger charge is -2.24. The van der Waals surface area contributed by atoms with Crippen LogP contribution in [0.2, 0.25) is 0 Å². The molecule has 1 aliphatic rings. The van der Waals surface area contributed by atoms with Crippen molar-refractivity contribution in [1.82, 2.24) is 9.55 Å². The molecule has 4 atom stereocenters. The normalized spacial score (nSPS) is 35.9. The van der Waals surface area contributed by atoms with E-state index < -0.39 is 40.1 Å². The van der Waals surface area contributed by atoms with Gasteiger partial charge < -0.3 is 14.9 Å². The number of hydrogen-bond donors (Lipinski definition) is 3. The lowest BCUT2D eigenvalue weighted by atomic mass is 10.2. The second-order valence-electron chi connectivity index (χ2n) is 3.85. The minimum Gasteiger partial charge on any atom is -0.394 e. The largest absolute Gasteiger partial charge is 0.394 e. The molecule has 1 aromatic rings. The van der Waals surface area contributed by atoms with Crippen LogP contribution < -0.4 is 11.2 Å². The summed E-state index contributed by atoms with van der Waals surface area (Å²) in [6.07, 6.45) is -1.99. The maximum Gasteiger partial charge on any atom is 0.330 e. The number of H-pyrrole nitrogens is 1. The molecule has 0 unspecified atom stereocenters. The van der Waals surface area contributed by atoms with Crippen LogP contribution in [0, 0.1) is 0 Å². The molecule has 1 fully saturated rings. The van der Waals surface area contributed by atoms with E-state index in [9.17, 15) is 14.7 Å². The quantitative estimate of drug-likeness (QED) is 0.606. The summed E-state index contributed by atoms with van der Waals surface area (Å²) < 4.78 is 4.87. The van der Waals surface area contributed by atoms with Crippen LogP contribution in [0.15, 0.2) is 21.9 Å². The van der Waals surface area contributed by atoms with E-state index in [0.29, 0.717) is 0 Å². The predicted octanol–water partition coefficient (Wildman–Crippen LogP) is -0.883. The molecule has 0 aromatic carbocycles. The molecular weight excluding hydrogens is 331 g/mol. The van der Waals surface area contributed by atoms with Gasteiger partial charge in [0, 0.05) is 12.3 Å². The van der Waals surface area contributed by atoms with E-state index in [2.05, 4.69) is 15.9 Å². The van der Waals surface area contributed by atoms with Gasteiger partial charge in [-0.05, 0) is 0 Å². The molecule has 9 heteroatoms. The fraction of sp³-hybridized carbons (Fsp3) is 0.556. The molecule has 2 heterocycles. The van der Waals surface area contributed by atoms with Crippen molar-refractivity contribution >= 4 is 27.5 Å². The van der Waals surface area contributed by atoms with Crippen molar-refractivity contribution in [2.45, 2.75) is 22.2 Å². The van der Waals surface area contributed by atoms with Gasteiger partial charge in [-0.25, -0.2) is 4.79 Å². The van der Waals surface area contributed by atoms with Crippen LogP contribution in [0.25, 0.3) is 0 Å². The van der Waals surface area contributed by atoms with Gasteiger partial charge in [-0.1, -0.05) is 27.5 Å². The van der Waals surface area contributed by atoms with Crippen molar-refractivity contribution in [1.29, 1.82) is 0 Å². The molecule has 3 N–H and O–H groups in total. The SMILES string of the molecule is O=c1ccn([C@@H]2O[C@H](CO)[C@@H](O)[C@@]2(Cl)Br)c(=O)[nH]1. The summed E-state index contributed by atoms with van der Waals surface area (Å²) >= 11 is 9.16. The molecule has 0 spiro atoms. The number of alkyl halides is 2. The van der Waals surface area contributed by atoms with Crippen molar-refractivity contribution in [2.24, 2.45) is 0 Å². The zero-order chi connectivity index (χ0) is 13.5. The Balaban J connectivity index is 2.45. The van der Waals surface area contributed by atoms with Crippen molar-refractivity contribution in [3.63, 3.8) is 0 Å². The van der Waals surface area contributed by atoms with E-state index in [4.69, 9.17) is 21.4 Å². The lowest BCUT2D eigenvalue weighted by molar-refractivity contribution is -0.0460. The highest BCUT2D eigenvalue weighted by atomic mass is 79.9. The highest BCUT2D eigenvalue weighted by Crippen LogP contribution is 2.47. The van der Waals surface area contributed by atoms with Gasteiger partial charge in [0.15, 0.2) is 10.0 Å². The molecule has 18 heavy (non-hydrogen) atoms. The number of halogens is 2. The van der Waals surface area contributed by atoms with Gasteiger partial charge in [0.25, 0.3) is 5.56 Å². The van der Waals surface area contributed by atoms with E-state index in [-0.39, 0.29) is 0 Å². The third-order valence-corrected chi connectivity index (χ3v) is 3.93. The Morgan fingerprint density at radius 3 is 2.78 bits per heavy atom. The number of nitrogens with zero attached hydrogens (tertiary/aromatic N) is 1. The third kappa shape index (κ3) is 2.14. The predicted molar refractivity (Wildman–Crippen MR) is 65.8 cm³/mol. The summed E-state index contributed by atoms with van der Waals surface area (Å²) in [5.41, 5.74) is -1.27. The average molecular weight is 342 g/mol. The first-order valence-corrected chi connectivity index (χ1v) is 6.18. The first-order chi connectivity index (χ1) is 8.37. The summed E-state index contributed by atoms with van der Waals surface area (Å²) in [6, 6.07) is 1.13. The maximum atomic E-state index is 11.6. The van der Waals surface area contributed by atoms with E-state index in [1.54, 1.807) is 0 Å². The minimum absolute atomic E-state index is 0.449. The first kappa shape index (κ1) is 13.8. The van der Waals surface area contributed by atoms with Crippen LogP contribution in [0.4, 0.5) is 0 Å². The van der Waals surface area contributed by atoms with Crippen molar-refractivity contribution in [3.8, 4) is 0 Å². The Labute approximate surface area is 114 Å². The van der Waals surface area contributed by atoms with Crippen LogP contribution in [-0.2, 0) is 4.74 Å². The third-order valence-electron chi connectivity index (χ3n) is 2.66. The fourth-order valence-corrected chi connectivity index (χ4v) is 2.65. The van der Waals surface area contributed by atoms with E-state index >= 15 is 0 Å². The standard InChI is InChI=1S/C9H10BrClN2O5/c10-9(11)6(16)4(3-14)18-7(9)13-2-1-5(15)12-8(13)17/h1-2,4,6-7,14,16H,3H2,(H,12,15,17)/t4-,6-,7-,9+/m1/s1. The molecule has 0 amide bonds. The number of ether oxygens (including phenoxy) is 1. The summed E-state index contributed by atoms with van der Waals surface area (Å²) in [4.78, 5) is 24.6. The lowest BCUT2D eigenvalue weighted by Crippen LogP contribution is -2.40. The summed E-state index contributed by atoms with van der Waals surface area (Å²) in [5.74, 6) is 0. The number of nitrogens with one attached hydrogen (secondary N) is 1. The number of aliphatic hydroxyl groups is 2. The number of rotatable bonds is 2. The molecule has 0 bridgehead atoms. The van der Waals surface area contributed by atoms with Gasteiger partial charge in [0.05, 0.1) is 6.61 Å². The van der Waals surface area contributed by atoms with Crippen molar-refractivity contribution < 1.29 is 14.9 Å². The van der Waals surface area contributed by atoms with Crippen molar-refractivity contribution in [3.05, 3.63) is 33.1 Å². The topological polar surface area (TPSA) is 105 Å². The highest BCUT2D eigenvalue weighted by Gasteiger charge is 2.54. The molecule has 7 nitrogen and oxygen atoms in total. The molecular formula is C9H10BrClN2O5. The van der Waals surface area contributed by atoms with Crippen LogP contribution in [-0.4, -0.2) is 42.4 Å². The minimum atomic E-state index is -1.47. The maximum absolute atomic E-state index is 11.6. The van der Waals surface area contributed by atoms with E-state index in [1.165, 1.54) is 6.20 Å².